The van der Waals surface area contributed by atoms with Crippen LogP contribution in [-0.2, 0) is 10.8 Å². The van der Waals surface area contributed by atoms with E-state index in [-0.39, 0.29) is 10.8 Å². The van der Waals surface area contributed by atoms with Gasteiger partial charge in [0.2, 0.25) is 0 Å². The third-order valence-electron chi connectivity index (χ3n) is 16.0. The summed E-state index contributed by atoms with van der Waals surface area (Å²) in [4.78, 5) is 2.58. The summed E-state index contributed by atoms with van der Waals surface area (Å²) in [7, 11) is 0. The third-order valence-corrected chi connectivity index (χ3v) is 16.0. The molecule has 0 N–H and O–H groups in total. The molecule has 4 saturated carbocycles. The van der Waals surface area contributed by atoms with Crippen molar-refractivity contribution in [3.8, 4) is 44.5 Å². The summed E-state index contributed by atoms with van der Waals surface area (Å²) in [5.41, 5.74) is 20.4. The summed E-state index contributed by atoms with van der Waals surface area (Å²) in [6.45, 7) is 4.82. The summed E-state index contributed by atoms with van der Waals surface area (Å²) in [5, 5.41) is 2.59. The Kier molecular flexibility index (Phi) is 7.32. The van der Waals surface area contributed by atoms with Crippen LogP contribution < -0.4 is 4.90 Å². The van der Waals surface area contributed by atoms with Crippen LogP contribution in [0.2, 0.25) is 0 Å². The maximum absolute atomic E-state index is 2.58. The second-order valence-corrected chi connectivity index (χ2v) is 19.2. The summed E-state index contributed by atoms with van der Waals surface area (Å²) < 4.78 is 0. The molecular formula is C59H49N. The number of nitrogens with zero attached hydrogens (tertiary/aromatic N) is 1. The molecule has 6 aliphatic rings. The van der Waals surface area contributed by atoms with E-state index in [1.165, 1.54) is 110 Å². The molecule has 1 spiro atoms. The van der Waals surface area contributed by atoms with Crippen LogP contribution in [0.5, 0.6) is 0 Å². The topological polar surface area (TPSA) is 3.24 Å². The third kappa shape index (κ3) is 4.64. The molecule has 6 aliphatic carbocycles. The SMILES string of the molecule is CC1(C)c2ccccc2-c2cccc(N(c3cccc(-c4ccccc4)c3)c3cccc4c(-c5cccc6c5C5(c7ccccc7-6)C6CC7CC(C6)CC5C7)cccc34)c21. The molecule has 0 radical (unpaired) electrons. The summed E-state index contributed by atoms with van der Waals surface area (Å²) in [6.07, 6.45) is 6.99. The fourth-order valence-electron chi connectivity index (χ4n) is 14.0. The van der Waals surface area contributed by atoms with E-state index < -0.39 is 0 Å². The lowest BCUT2D eigenvalue weighted by Crippen LogP contribution is -2.55. The zero-order valence-corrected chi connectivity index (χ0v) is 34.5. The highest BCUT2D eigenvalue weighted by Crippen LogP contribution is 2.70. The van der Waals surface area contributed by atoms with Gasteiger partial charge < -0.3 is 4.90 Å². The highest BCUT2D eigenvalue weighted by atomic mass is 15.1. The van der Waals surface area contributed by atoms with Gasteiger partial charge in [-0.3, -0.25) is 0 Å². The van der Waals surface area contributed by atoms with Gasteiger partial charge in [-0.15, -0.1) is 0 Å². The van der Waals surface area contributed by atoms with Crippen LogP contribution in [0.3, 0.4) is 0 Å². The van der Waals surface area contributed by atoms with Crippen molar-refractivity contribution in [3.05, 3.63) is 198 Å². The van der Waals surface area contributed by atoms with Crippen molar-refractivity contribution in [2.45, 2.75) is 56.8 Å². The van der Waals surface area contributed by atoms with E-state index in [0.717, 1.165) is 17.5 Å². The Labute approximate surface area is 354 Å². The molecule has 0 aliphatic heterocycles. The Morgan fingerprint density at radius 1 is 0.400 bits per heavy atom. The van der Waals surface area contributed by atoms with E-state index in [1.807, 2.05) is 0 Å². The fraction of sp³-hybridized carbons (Fsp3) is 0.220. The van der Waals surface area contributed by atoms with Crippen molar-refractivity contribution >= 4 is 27.8 Å². The van der Waals surface area contributed by atoms with Crippen LogP contribution >= 0.6 is 0 Å². The Morgan fingerprint density at radius 3 is 1.68 bits per heavy atom. The second-order valence-electron chi connectivity index (χ2n) is 19.2. The maximum atomic E-state index is 2.58. The molecule has 8 aromatic carbocycles. The highest BCUT2D eigenvalue weighted by Gasteiger charge is 2.62. The first-order chi connectivity index (χ1) is 29.5. The van der Waals surface area contributed by atoms with Gasteiger partial charge in [-0.25, -0.2) is 0 Å². The molecular weight excluding hydrogens is 723 g/mol. The summed E-state index contributed by atoms with van der Waals surface area (Å²) in [6, 6.07) is 67.0. The predicted molar refractivity (Wildman–Crippen MR) is 250 cm³/mol. The molecule has 0 amide bonds. The number of hydrogen-bond donors (Lipinski definition) is 0. The van der Waals surface area contributed by atoms with Gasteiger partial charge in [0.05, 0.1) is 11.4 Å². The van der Waals surface area contributed by atoms with Crippen LogP contribution in [0.15, 0.2) is 176 Å². The van der Waals surface area contributed by atoms with Gasteiger partial charge in [0.25, 0.3) is 0 Å². The molecule has 0 aromatic heterocycles. The number of hydrogen-bond acceptors (Lipinski definition) is 1. The Hall–Kier alpha value is -6.18. The van der Waals surface area contributed by atoms with Crippen molar-refractivity contribution in [1.29, 1.82) is 0 Å². The van der Waals surface area contributed by atoms with Crippen molar-refractivity contribution in [3.63, 3.8) is 0 Å². The van der Waals surface area contributed by atoms with Crippen LogP contribution in [0.4, 0.5) is 17.1 Å². The molecule has 8 aromatic rings. The fourth-order valence-corrected chi connectivity index (χ4v) is 14.0. The molecule has 0 heterocycles. The molecule has 1 heteroatoms. The second kappa shape index (κ2) is 12.7. The highest BCUT2D eigenvalue weighted by molar-refractivity contribution is 6.08. The smallest absolute Gasteiger partial charge is 0.0540 e. The lowest BCUT2D eigenvalue weighted by atomic mass is 9.42. The predicted octanol–water partition coefficient (Wildman–Crippen LogP) is 15.7. The van der Waals surface area contributed by atoms with E-state index in [4.69, 9.17) is 0 Å². The van der Waals surface area contributed by atoms with Gasteiger partial charge in [0.1, 0.15) is 0 Å². The van der Waals surface area contributed by atoms with Crippen molar-refractivity contribution in [1.82, 2.24) is 0 Å². The molecule has 14 rings (SSSR count). The molecule has 0 unspecified atom stereocenters. The van der Waals surface area contributed by atoms with Crippen LogP contribution in [0.25, 0.3) is 55.3 Å². The molecule has 1 nitrogen and oxygen atoms in total. The quantitative estimate of drug-likeness (QED) is 0.168. The minimum absolute atomic E-state index is 0.0881. The molecule has 290 valence electrons. The molecule has 4 bridgehead atoms. The van der Waals surface area contributed by atoms with Gasteiger partial charge in [-0.05, 0) is 152 Å². The van der Waals surface area contributed by atoms with Crippen molar-refractivity contribution in [2.24, 2.45) is 23.7 Å². The van der Waals surface area contributed by atoms with Gasteiger partial charge in [0, 0.05) is 21.9 Å². The zero-order valence-electron chi connectivity index (χ0n) is 34.5. The summed E-state index contributed by atoms with van der Waals surface area (Å²) >= 11 is 0. The van der Waals surface area contributed by atoms with Gasteiger partial charge >= 0.3 is 0 Å². The van der Waals surface area contributed by atoms with Gasteiger partial charge in [-0.2, -0.15) is 0 Å². The number of fused-ring (bicyclic) bond motifs is 7. The average molecular weight is 772 g/mol. The monoisotopic (exact) mass is 771 g/mol. The van der Waals surface area contributed by atoms with Crippen LogP contribution in [0, 0.1) is 23.7 Å². The average Bonchev–Trinajstić information content (AvgIpc) is 3.72. The zero-order chi connectivity index (χ0) is 39.7. The summed E-state index contributed by atoms with van der Waals surface area (Å²) in [5.74, 6) is 3.24. The minimum atomic E-state index is -0.180. The lowest BCUT2D eigenvalue weighted by Gasteiger charge is -2.61. The molecule has 4 fully saturated rings. The largest absolute Gasteiger partial charge is 0.310 e. The number of rotatable bonds is 5. The molecule has 0 atom stereocenters. The van der Waals surface area contributed by atoms with E-state index in [2.05, 4.69) is 195 Å². The van der Waals surface area contributed by atoms with Gasteiger partial charge in [0.15, 0.2) is 0 Å². The van der Waals surface area contributed by atoms with Crippen LogP contribution in [-0.4, -0.2) is 0 Å². The van der Waals surface area contributed by atoms with E-state index >= 15 is 0 Å². The number of benzene rings is 8. The number of anilines is 3. The van der Waals surface area contributed by atoms with E-state index in [9.17, 15) is 0 Å². The molecule has 60 heavy (non-hydrogen) atoms. The van der Waals surface area contributed by atoms with E-state index in [1.54, 1.807) is 11.1 Å². The minimum Gasteiger partial charge on any atom is -0.310 e. The Morgan fingerprint density at radius 2 is 0.917 bits per heavy atom. The molecule has 0 saturated heterocycles. The first-order valence-corrected chi connectivity index (χ1v) is 22.4. The normalized spacial score (nSPS) is 23.4. The van der Waals surface area contributed by atoms with E-state index in [0.29, 0.717) is 11.8 Å². The van der Waals surface area contributed by atoms with Crippen molar-refractivity contribution < 1.29 is 0 Å². The first kappa shape index (κ1) is 34.7. The lowest BCUT2D eigenvalue weighted by molar-refractivity contribution is -0.0397. The van der Waals surface area contributed by atoms with Gasteiger partial charge in [-0.1, -0.05) is 166 Å². The maximum Gasteiger partial charge on any atom is 0.0540 e. The Balaban J connectivity index is 1.05. The Bertz CT molecular complexity index is 3010. The first-order valence-electron chi connectivity index (χ1n) is 22.4. The van der Waals surface area contributed by atoms with Crippen molar-refractivity contribution in [2.75, 3.05) is 4.90 Å². The van der Waals surface area contributed by atoms with Crippen LogP contribution in [0.1, 0.15) is 68.2 Å². The standard InChI is InChI=1S/C59H49N/c1-58(2)52-27-8-6-19-46(52)51-26-14-30-55(57(51)58)60(43-18-10-17-40(36-43)39-15-4-3-5-16-39)54-29-13-22-44-45(21-11-23-48(44)54)49-24-12-25-50-47-20-7-9-28-53(47)59(56(49)50)41-32-37-31-38(34-41)35-42(59)33-37/h3-30,36-38,41-42H,31-35H2,1-2H3.